The first-order valence-electron chi connectivity index (χ1n) is 32.5. The van der Waals surface area contributed by atoms with E-state index in [1.165, 1.54) is 68.8 Å². The van der Waals surface area contributed by atoms with Gasteiger partial charge in [-0.1, -0.05) is 30.8 Å². The number of phenolic OH excluding ortho intramolecular Hbond substituents is 2. The van der Waals surface area contributed by atoms with Crippen molar-refractivity contribution in [2.75, 3.05) is 66.2 Å². The van der Waals surface area contributed by atoms with Gasteiger partial charge in [-0.25, -0.2) is 52.5 Å². The molecule has 16 rings (SSSR count). The normalized spacial score (nSPS) is 12.8. The third-order valence-corrected chi connectivity index (χ3v) is 16.9. The standard InChI is InChI=1S/C11H8FNO2.C11H9FO4.C9H6FNO2.C9H9FO3.C8H6ClFO2.C8H7FO3.C8H5FO3.C7H5FO3.C2H4BrCl.CN.2CH4.BBr3.B.Cl2OS.2Na.H/c1-13-11(2-3-11)7-4-9-10(5-8(7)12)15-6-14-9;12-8-4-10-9(14-6-15-10)3-7(8)11(1-2-11)16-5-13;1-11-4-6-2-8-9(3-7(6)10)13-5-12-8;1-12-8-3-6(5-11)7(10)4-9(8)13-2;9-3-5-1-7-8(2-6(5)10)12-4-11-7;2*9-6-2-8-7(11-4-12-8)1-5(6)3-10;8-5-2-7(11)6(10)1-4(5)3-9;3-1-2-4;1-2;;;2-1(3)4;;1-4(2)3;;;/h4-5H,2-3,6H2;3-5H,1-2,6H2;2-3H,4-5H2;3-5H,1-2H3;1-2H,3-4H2;1-2,10H,3-4H2;1-3H,4H2;1-3,10-11H;1-2H2;;2*1H4;;;;;;/q;;;;;;;;;-1;;;;;;2*+1;-1. The number of halogens is 16. The Hall–Kier alpha value is -7.73. The van der Waals surface area contributed by atoms with Gasteiger partial charge in [0.25, 0.3) is 12.0 Å². The number of aromatic hydroxyl groups is 2. The van der Waals surface area contributed by atoms with E-state index in [0.717, 1.165) is 36.4 Å². The summed E-state index contributed by atoms with van der Waals surface area (Å²) < 4.78 is 189. The van der Waals surface area contributed by atoms with Crippen LogP contribution < -0.4 is 125 Å². The second kappa shape index (κ2) is 58.5. The first kappa shape index (κ1) is 115. The Kier molecular flexibility index (Phi) is 54.8. The first-order valence-corrected chi connectivity index (χ1v) is 40.3. The number of hydrogen-bond donors (Lipinski definition) is 3. The number of phenols is 2. The maximum Gasteiger partial charge on any atom is 1.00 e. The summed E-state index contributed by atoms with van der Waals surface area (Å²) in [6.45, 7) is 19.2. The molecule has 8 aromatic carbocycles. The molecule has 0 saturated heterocycles. The molecule has 2 aliphatic carbocycles. The van der Waals surface area contributed by atoms with Gasteiger partial charge in [0.05, 0.1) is 54.5 Å². The molecule has 47 heteroatoms. The fraction of sp³-hybridized carbons (Fsp3) is 0.276. The molecule has 651 valence electrons. The van der Waals surface area contributed by atoms with E-state index in [0.29, 0.717) is 141 Å². The summed E-state index contributed by atoms with van der Waals surface area (Å²) in [7, 11) is 10.2. The van der Waals surface area contributed by atoms with Gasteiger partial charge < -0.3 is 109 Å². The molecule has 0 atom stereocenters. The molecular weight excluding hydrogens is 2040 g/mol. The van der Waals surface area contributed by atoms with Crippen molar-refractivity contribution >= 4 is 154 Å². The van der Waals surface area contributed by atoms with E-state index in [9.17, 15) is 54.3 Å². The molecule has 3 radical (unpaired) electrons. The van der Waals surface area contributed by atoms with E-state index in [-0.39, 0.29) is 193 Å². The van der Waals surface area contributed by atoms with E-state index in [1.807, 2.05) is 0 Å². The van der Waals surface area contributed by atoms with Gasteiger partial charge in [0.1, 0.15) is 52.1 Å². The zero-order valence-corrected chi connectivity index (χ0v) is 77.3. The minimum atomic E-state index is -1.67. The average Bonchev–Trinajstić information content (AvgIpc) is 1.60. The Labute approximate surface area is 803 Å². The quantitative estimate of drug-likeness (QED) is 0.0184. The Balaban J connectivity index is 0. The van der Waals surface area contributed by atoms with E-state index >= 15 is 0 Å². The molecule has 2 fully saturated rings. The van der Waals surface area contributed by atoms with Crippen LogP contribution in [-0.4, -0.2) is 123 Å². The maximum absolute atomic E-state index is 13.8. The minimum absolute atomic E-state index is 0. The van der Waals surface area contributed by atoms with Crippen LogP contribution in [0.4, 0.5) is 35.1 Å². The fourth-order valence-electron chi connectivity index (χ4n) is 9.71. The van der Waals surface area contributed by atoms with Gasteiger partial charge >= 0.3 is 62.3 Å². The molecule has 8 aliphatic rings. The van der Waals surface area contributed by atoms with Crippen molar-refractivity contribution in [1.29, 1.82) is 5.26 Å². The number of aldehydes is 3. The van der Waals surface area contributed by atoms with E-state index in [2.05, 4.69) is 94.3 Å². The van der Waals surface area contributed by atoms with E-state index in [1.54, 1.807) is 18.2 Å². The smallest absolute Gasteiger partial charge is 1.00 e. The minimum Gasteiger partial charge on any atom is -1.00 e. The molecule has 8 aromatic rings. The van der Waals surface area contributed by atoms with Crippen molar-refractivity contribution in [2.24, 2.45) is 0 Å². The van der Waals surface area contributed by atoms with Crippen LogP contribution in [0.3, 0.4) is 0 Å². The molecule has 0 aromatic heterocycles. The number of aliphatic hydroxyl groups is 1. The SMILES string of the molecule is BrB(Br)Br.C.C.COc1cc(F)c(C=O)cc1OC.ClCCBr.Fc1cc2c(cc1CCl)OCO2.O=COC1(c2cc3c(cc2F)OCO3)CC1.O=Cc1cc(O)c(O)cc1F.O=Cc1cc2c(cc1F)OCO2.O=S(Cl)Cl.OCc1cc2c(cc1F)OCO2.[B].[C-]#N.[C-]#[N+]C1(c2cc3c(cc2F)OCO3)CC1.[C-]#[N+]Cc1cc2c(cc1F)OCO2.[H-].[Na+].[Na+]. The second-order valence-electron chi connectivity index (χ2n) is 22.7. The number of methoxy groups -OCH3 is 2. The topological polar surface area (TPSA) is 317 Å². The van der Waals surface area contributed by atoms with Gasteiger partial charge in [-0.05, 0) is 61.4 Å². The van der Waals surface area contributed by atoms with E-state index in [4.69, 9.17) is 139 Å². The van der Waals surface area contributed by atoms with Crippen molar-refractivity contribution in [2.45, 2.75) is 70.7 Å². The second-order valence-corrected chi connectivity index (χ2v) is 33.1. The molecule has 2 saturated carbocycles. The van der Waals surface area contributed by atoms with Gasteiger partial charge in [-0.15, -0.1) is 70.5 Å². The van der Waals surface area contributed by atoms with Crippen LogP contribution in [0.15, 0.2) is 97.1 Å². The molecule has 26 nitrogen and oxygen atoms in total. The molecule has 6 heterocycles. The predicted molar refractivity (Wildman–Crippen MR) is 444 cm³/mol. The van der Waals surface area contributed by atoms with Crippen LogP contribution in [0, 0.1) is 71.5 Å². The third-order valence-electron chi connectivity index (χ3n) is 15.6. The zero-order valence-electron chi connectivity index (χ0n) is 64.1. The van der Waals surface area contributed by atoms with Gasteiger partial charge in [-0.2, -0.15) is 0 Å². The Morgan fingerprint density at radius 2 is 0.789 bits per heavy atom. The first-order chi connectivity index (χ1) is 56.5. The number of fused-ring (bicyclic) bond motifs is 6. The summed E-state index contributed by atoms with van der Waals surface area (Å²) in [4.78, 5) is 47.7. The van der Waals surface area contributed by atoms with Crippen LogP contribution in [0.2, 0.25) is 0 Å². The van der Waals surface area contributed by atoms with Crippen LogP contribution in [-0.2, 0) is 48.9 Å². The Morgan fingerprint density at radius 1 is 0.496 bits per heavy atom. The monoisotopic (exact) mass is 2100 g/mol. The number of ether oxygens (including phenoxy) is 15. The summed E-state index contributed by atoms with van der Waals surface area (Å²) in [5.41, 5.74) is 0.0555. The van der Waals surface area contributed by atoms with Crippen molar-refractivity contribution in [3.8, 4) is 92.0 Å². The maximum atomic E-state index is 13.8. The van der Waals surface area contributed by atoms with Gasteiger partial charge in [0, 0.05) is 119 Å². The number of aliphatic hydroxyl groups excluding tert-OH is 1. The fourth-order valence-corrected chi connectivity index (χ4v) is 9.91. The number of benzene rings is 8. The third kappa shape index (κ3) is 34.9. The molecule has 0 bridgehead atoms. The number of hydrogen-bond acceptors (Lipinski definition) is 24. The Morgan fingerprint density at radius 3 is 1.14 bits per heavy atom. The van der Waals surface area contributed by atoms with Crippen LogP contribution >= 0.6 is 108 Å². The number of nitrogens with zero attached hydrogens (tertiary/aromatic N) is 3. The van der Waals surface area contributed by atoms with Gasteiger partial charge in [0.2, 0.25) is 56.5 Å². The van der Waals surface area contributed by atoms with Crippen LogP contribution in [0.25, 0.3) is 9.69 Å². The Bertz CT molecular complexity index is 4890. The zero-order chi connectivity index (χ0) is 87.4. The molecule has 123 heavy (non-hydrogen) atoms. The number of rotatable bonds is 13. The molecule has 0 amide bonds. The van der Waals surface area contributed by atoms with Crippen LogP contribution in [0.1, 0.15) is 101 Å². The summed E-state index contributed by atoms with van der Waals surface area (Å²) in [5, 5.41) is 33.4. The summed E-state index contributed by atoms with van der Waals surface area (Å²) >= 11 is 23.1. The summed E-state index contributed by atoms with van der Waals surface area (Å²) in [6, 6.07) is 20.4. The molecule has 3 N–H and O–H groups in total. The van der Waals surface area contributed by atoms with Crippen molar-refractivity contribution in [3.05, 3.63) is 218 Å². The predicted octanol–water partition coefficient (Wildman–Crippen LogP) is 13.5. The largest absolute Gasteiger partial charge is 1.00 e. The van der Waals surface area contributed by atoms with Crippen molar-refractivity contribution < 1.29 is 205 Å². The number of carbonyl (C=O) groups is 4. The molecule has 6 aliphatic heterocycles. The van der Waals surface area contributed by atoms with Crippen molar-refractivity contribution in [3.63, 3.8) is 0 Å². The van der Waals surface area contributed by atoms with Gasteiger partial charge in [-0.3, -0.25) is 19.2 Å². The van der Waals surface area contributed by atoms with Crippen molar-refractivity contribution in [1.82, 2.24) is 0 Å². The molecule has 0 unspecified atom stereocenters. The average molecular weight is 2100 g/mol. The number of alkyl halides is 3. The number of carbonyl (C=O) groups excluding carboxylic acids is 4. The summed E-state index contributed by atoms with van der Waals surface area (Å²) in [5.74, 6) is 1.71. The van der Waals surface area contributed by atoms with Gasteiger partial charge in [0.15, 0.2) is 111 Å². The van der Waals surface area contributed by atoms with E-state index < -0.39 is 66.8 Å². The molecule has 0 spiro atoms. The molecular formula is C76H68B2Br4Cl4F8N3Na2O23S. The van der Waals surface area contributed by atoms with Crippen LogP contribution in [0.5, 0.6) is 92.0 Å². The summed E-state index contributed by atoms with van der Waals surface area (Å²) in [6.07, 6.45) is 3.87.